The molecule has 0 bridgehead atoms. The van der Waals surface area contributed by atoms with E-state index in [1.807, 2.05) is 30.7 Å². The van der Waals surface area contributed by atoms with Crippen LogP contribution in [0.5, 0.6) is 5.75 Å². The summed E-state index contributed by atoms with van der Waals surface area (Å²) in [6, 6.07) is 3.92. The van der Waals surface area contributed by atoms with Gasteiger partial charge in [-0.1, -0.05) is 11.6 Å². The van der Waals surface area contributed by atoms with Crippen LogP contribution >= 0.6 is 11.6 Å². The molecule has 0 amide bonds. The van der Waals surface area contributed by atoms with E-state index < -0.39 is 0 Å². The highest BCUT2D eigenvalue weighted by Crippen LogP contribution is 2.33. The second kappa shape index (κ2) is 4.46. The topological polar surface area (TPSA) is 53.1 Å². The number of fused-ring (bicyclic) bond motifs is 1. The lowest BCUT2D eigenvalue weighted by molar-refractivity contribution is 0.352. The molecule has 0 aliphatic carbocycles. The molecule has 0 saturated heterocycles. The number of nitrogens with two attached hydrogens (primary N) is 1. The third kappa shape index (κ3) is 2.06. The highest BCUT2D eigenvalue weighted by molar-refractivity contribution is 6.30. The Labute approximate surface area is 117 Å². The Morgan fingerprint density at radius 1 is 1.42 bits per heavy atom. The monoisotopic (exact) mass is 277 g/mol. The van der Waals surface area contributed by atoms with E-state index in [1.165, 1.54) is 5.56 Å². The standard InChI is InChI=1S/C14H16ClN3O/c1-8-13(16)9(2)18(17-8)7-11-6-12(15)5-10-3-4-19-14(10)11/h5-6H,3-4,7,16H2,1-2H3. The Kier molecular flexibility index (Phi) is 2.90. The van der Waals surface area contributed by atoms with Crippen LogP contribution in [0.2, 0.25) is 5.02 Å². The predicted octanol–water partition coefficient (Wildman–Crippen LogP) is 2.72. The molecule has 0 spiro atoms. The summed E-state index contributed by atoms with van der Waals surface area (Å²) in [6.45, 7) is 5.24. The van der Waals surface area contributed by atoms with Crippen LogP contribution in [-0.2, 0) is 13.0 Å². The van der Waals surface area contributed by atoms with Crippen molar-refractivity contribution in [3.63, 3.8) is 0 Å². The number of benzene rings is 1. The predicted molar refractivity (Wildman–Crippen MR) is 75.9 cm³/mol. The van der Waals surface area contributed by atoms with Gasteiger partial charge in [-0.15, -0.1) is 0 Å². The molecule has 2 N–H and O–H groups in total. The van der Waals surface area contributed by atoms with Gasteiger partial charge in [0, 0.05) is 17.0 Å². The average molecular weight is 278 g/mol. The Hall–Kier alpha value is -1.68. The van der Waals surface area contributed by atoms with Gasteiger partial charge in [-0.3, -0.25) is 4.68 Å². The maximum atomic E-state index is 6.16. The van der Waals surface area contributed by atoms with E-state index in [0.29, 0.717) is 6.54 Å². The second-order valence-electron chi connectivity index (χ2n) is 4.89. The summed E-state index contributed by atoms with van der Waals surface area (Å²) < 4.78 is 7.60. The molecule has 0 radical (unpaired) electrons. The largest absolute Gasteiger partial charge is 0.493 e. The van der Waals surface area contributed by atoms with E-state index in [2.05, 4.69) is 5.10 Å². The van der Waals surface area contributed by atoms with Crippen LogP contribution < -0.4 is 10.5 Å². The summed E-state index contributed by atoms with van der Waals surface area (Å²) in [6.07, 6.45) is 0.919. The zero-order chi connectivity index (χ0) is 13.6. The molecule has 5 heteroatoms. The zero-order valence-corrected chi connectivity index (χ0v) is 11.8. The molecule has 1 aliphatic heterocycles. The third-order valence-electron chi connectivity index (χ3n) is 3.58. The summed E-state index contributed by atoms with van der Waals surface area (Å²) in [7, 11) is 0. The van der Waals surface area contributed by atoms with Gasteiger partial charge in [0.1, 0.15) is 5.75 Å². The highest BCUT2D eigenvalue weighted by atomic mass is 35.5. The molecule has 0 saturated carbocycles. The molecule has 0 atom stereocenters. The SMILES string of the molecule is Cc1nn(Cc2cc(Cl)cc3c2OCC3)c(C)c1N. The van der Waals surface area contributed by atoms with E-state index in [4.69, 9.17) is 22.1 Å². The lowest BCUT2D eigenvalue weighted by Crippen LogP contribution is -2.06. The minimum absolute atomic E-state index is 0.632. The molecule has 1 aliphatic rings. The number of nitrogen functional groups attached to an aromatic ring is 1. The van der Waals surface area contributed by atoms with E-state index in [0.717, 1.165) is 46.4 Å². The molecule has 0 fully saturated rings. The lowest BCUT2D eigenvalue weighted by atomic mass is 10.1. The maximum absolute atomic E-state index is 6.16. The molecular weight excluding hydrogens is 262 g/mol. The van der Waals surface area contributed by atoms with Crippen molar-refractivity contribution in [1.29, 1.82) is 0 Å². The van der Waals surface area contributed by atoms with Gasteiger partial charge >= 0.3 is 0 Å². The van der Waals surface area contributed by atoms with Gasteiger partial charge in [-0.05, 0) is 31.5 Å². The van der Waals surface area contributed by atoms with Crippen molar-refractivity contribution in [3.05, 3.63) is 39.7 Å². The number of aryl methyl sites for hydroxylation is 1. The Balaban J connectivity index is 2.02. The van der Waals surface area contributed by atoms with E-state index in [-0.39, 0.29) is 0 Å². The van der Waals surface area contributed by atoms with Gasteiger partial charge in [0.25, 0.3) is 0 Å². The van der Waals surface area contributed by atoms with Crippen molar-refractivity contribution in [2.45, 2.75) is 26.8 Å². The summed E-state index contributed by atoms with van der Waals surface area (Å²) in [5, 5.41) is 5.20. The van der Waals surface area contributed by atoms with Crippen molar-refractivity contribution >= 4 is 17.3 Å². The minimum Gasteiger partial charge on any atom is -0.493 e. The van der Waals surface area contributed by atoms with E-state index in [1.54, 1.807) is 0 Å². The highest BCUT2D eigenvalue weighted by Gasteiger charge is 2.19. The third-order valence-corrected chi connectivity index (χ3v) is 3.80. The number of nitrogens with zero attached hydrogens (tertiary/aromatic N) is 2. The molecule has 1 aromatic carbocycles. The number of aromatic nitrogens is 2. The Morgan fingerprint density at radius 3 is 2.89 bits per heavy atom. The molecule has 4 nitrogen and oxygen atoms in total. The molecule has 2 aromatic rings. The maximum Gasteiger partial charge on any atom is 0.127 e. The van der Waals surface area contributed by atoms with Crippen molar-refractivity contribution in [3.8, 4) is 5.75 Å². The molecule has 19 heavy (non-hydrogen) atoms. The fourth-order valence-electron chi connectivity index (χ4n) is 2.49. The number of hydrogen-bond donors (Lipinski definition) is 1. The molecule has 0 unspecified atom stereocenters. The summed E-state index contributed by atoms with van der Waals surface area (Å²) >= 11 is 6.16. The molecule has 3 rings (SSSR count). The van der Waals surface area contributed by atoms with Crippen molar-refractivity contribution in [1.82, 2.24) is 9.78 Å². The number of ether oxygens (including phenoxy) is 1. The fourth-order valence-corrected chi connectivity index (χ4v) is 2.75. The molecule has 2 heterocycles. The van der Waals surface area contributed by atoms with Gasteiger partial charge in [0.2, 0.25) is 0 Å². The van der Waals surface area contributed by atoms with Crippen molar-refractivity contribution < 1.29 is 4.74 Å². The second-order valence-corrected chi connectivity index (χ2v) is 5.33. The van der Waals surface area contributed by atoms with Crippen LogP contribution in [0.1, 0.15) is 22.5 Å². The normalized spacial score (nSPS) is 13.4. The molecule has 100 valence electrons. The van der Waals surface area contributed by atoms with Crippen LogP contribution in [-0.4, -0.2) is 16.4 Å². The van der Waals surface area contributed by atoms with Crippen LogP contribution in [0.25, 0.3) is 0 Å². The Morgan fingerprint density at radius 2 is 2.21 bits per heavy atom. The molecule has 1 aromatic heterocycles. The van der Waals surface area contributed by atoms with Crippen molar-refractivity contribution in [2.24, 2.45) is 0 Å². The van der Waals surface area contributed by atoms with Gasteiger partial charge < -0.3 is 10.5 Å². The van der Waals surface area contributed by atoms with E-state index in [9.17, 15) is 0 Å². The first kappa shape index (κ1) is 12.4. The van der Waals surface area contributed by atoms with E-state index >= 15 is 0 Å². The fraction of sp³-hybridized carbons (Fsp3) is 0.357. The summed E-state index contributed by atoms with van der Waals surface area (Å²) in [5.41, 5.74) is 10.8. The van der Waals surface area contributed by atoms with Gasteiger partial charge in [0.05, 0.1) is 30.2 Å². The first-order valence-corrected chi connectivity index (χ1v) is 6.67. The first-order chi connectivity index (χ1) is 9.06. The summed E-state index contributed by atoms with van der Waals surface area (Å²) in [4.78, 5) is 0. The first-order valence-electron chi connectivity index (χ1n) is 6.30. The minimum atomic E-state index is 0.632. The number of halogens is 1. The number of anilines is 1. The van der Waals surface area contributed by atoms with Crippen LogP contribution in [0, 0.1) is 13.8 Å². The van der Waals surface area contributed by atoms with Gasteiger partial charge in [-0.25, -0.2) is 0 Å². The number of rotatable bonds is 2. The molecular formula is C14H16ClN3O. The van der Waals surface area contributed by atoms with Gasteiger partial charge in [-0.2, -0.15) is 5.10 Å². The van der Waals surface area contributed by atoms with Crippen molar-refractivity contribution in [2.75, 3.05) is 12.3 Å². The van der Waals surface area contributed by atoms with Gasteiger partial charge in [0.15, 0.2) is 0 Å². The zero-order valence-electron chi connectivity index (χ0n) is 11.0. The van der Waals surface area contributed by atoms with Crippen LogP contribution in [0.3, 0.4) is 0 Å². The quantitative estimate of drug-likeness (QED) is 0.918. The lowest BCUT2D eigenvalue weighted by Gasteiger charge is -2.10. The average Bonchev–Trinajstić information content (AvgIpc) is 2.91. The Bertz CT molecular complexity index is 649. The summed E-state index contributed by atoms with van der Waals surface area (Å²) in [5.74, 6) is 0.954. The van der Waals surface area contributed by atoms with Crippen LogP contribution in [0.4, 0.5) is 5.69 Å². The van der Waals surface area contributed by atoms with Crippen LogP contribution in [0.15, 0.2) is 12.1 Å². The number of hydrogen-bond acceptors (Lipinski definition) is 3. The smallest absolute Gasteiger partial charge is 0.127 e.